The van der Waals surface area contributed by atoms with Crippen LogP contribution in [-0.4, -0.2) is 41.4 Å². The largest absolute Gasteiger partial charge is 0.480 e. The van der Waals surface area contributed by atoms with E-state index in [1.54, 1.807) is 0 Å². The Labute approximate surface area is 113 Å². The Morgan fingerprint density at radius 3 is 2.55 bits per heavy atom. The molecule has 1 aromatic rings. The quantitative estimate of drug-likeness (QED) is 0.475. The SMILES string of the molecule is NC(=O)CC(NC(=O)CNC(=O)c1ccco1)C(=O)O. The highest BCUT2D eigenvalue weighted by Gasteiger charge is 2.22. The van der Waals surface area contributed by atoms with Crippen LogP contribution in [0.4, 0.5) is 0 Å². The third kappa shape index (κ3) is 4.80. The van der Waals surface area contributed by atoms with E-state index in [0.717, 1.165) is 0 Å². The maximum absolute atomic E-state index is 11.4. The lowest BCUT2D eigenvalue weighted by Crippen LogP contribution is -2.47. The van der Waals surface area contributed by atoms with Crippen LogP contribution in [0.3, 0.4) is 0 Å². The molecular formula is C11H13N3O6. The van der Waals surface area contributed by atoms with Crippen LogP contribution in [0.25, 0.3) is 0 Å². The molecule has 20 heavy (non-hydrogen) atoms. The van der Waals surface area contributed by atoms with E-state index in [0.29, 0.717) is 0 Å². The molecule has 1 heterocycles. The number of aliphatic carboxylic acids is 1. The van der Waals surface area contributed by atoms with Crippen LogP contribution in [0.2, 0.25) is 0 Å². The van der Waals surface area contributed by atoms with Gasteiger partial charge in [0.15, 0.2) is 5.76 Å². The van der Waals surface area contributed by atoms with Crippen LogP contribution in [-0.2, 0) is 14.4 Å². The number of carboxylic acids is 1. The fourth-order valence-corrected chi connectivity index (χ4v) is 1.30. The van der Waals surface area contributed by atoms with Crippen molar-refractivity contribution in [3.63, 3.8) is 0 Å². The molecule has 1 atom stereocenters. The van der Waals surface area contributed by atoms with Gasteiger partial charge in [-0.3, -0.25) is 14.4 Å². The smallest absolute Gasteiger partial charge is 0.326 e. The van der Waals surface area contributed by atoms with E-state index in [4.69, 9.17) is 15.3 Å². The standard InChI is InChI=1S/C11H13N3O6/c12-8(15)4-6(11(18)19)14-9(16)5-13-10(17)7-2-1-3-20-7/h1-3,6H,4-5H2,(H2,12,15)(H,13,17)(H,14,16)(H,18,19). The first-order valence-electron chi connectivity index (χ1n) is 5.52. The van der Waals surface area contributed by atoms with Crippen molar-refractivity contribution in [3.05, 3.63) is 24.2 Å². The number of nitrogens with one attached hydrogen (secondary N) is 2. The Hall–Kier alpha value is -2.84. The summed E-state index contributed by atoms with van der Waals surface area (Å²) < 4.78 is 4.80. The third-order valence-corrected chi connectivity index (χ3v) is 2.19. The molecule has 0 aromatic carbocycles. The number of carboxylic acid groups (broad SMARTS) is 1. The first-order valence-corrected chi connectivity index (χ1v) is 5.52. The number of hydrogen-bond acceptors (Lipinski definition) is 5. The van der Waals surface area contributed by atoms with Crippen molar-refractivity contribution in [2.45, 2.75) is 12.5 Å². The van der Waals surface area contributed by atoms with Gasteiger partial charge in [0.25, 0.3) is 5.91 Å². The van der Waals surface area contributed by atoms with E-state index >= 15 is 0 Å². The van der Waals surface area contributed by atoms with Crippen LogP contribution in [0.15, 0.2) is 22.8 Å². The maximum Gasteiger partial charge on any atom is 0.326 e. The lowest BCUT2D eigenvalue weighted by Gasteiger charge is -2.12. The monoisotopic (exact) mass is 283 g/mol. The summed E-state index contributed by atoms with van der Waals surface area (Å²) in [6.07, 6.45) is 0.759. The van der Waals surface area contributed by atoms with Gasteiger partial charge in [-0.1, -0.05) is 0 Å². The summed E-state index contributed by atoms with van der Waals surface area (Å²) in [4.78, 5) is 44.3. The molecule has 0 bridgehead atoms. The Bertz CT molecular complexity index is 510. The van der Waals surface area contributed by atoms with Gasteiger partial charge in [-0.2, -0.15) is 0 Å². The van der Waals surface area contributed by atoms with Gasteiger partial charge in [-0.25, -0.2) is 4.79 Å². The van der Waals surface area contributed by atoms with Crippen molar-refractivity contribution in [1.82, 2.24) is 10.6 Å². The van der Waals surface area contributed by atoms with Crippen molar-refractivity contribution in [2.24, 2.45) is 5.73 Å². The number of hydrogen-bond donors (Lipinski definition) is 4. The predicted molar refractivity (Wildman–Crippen MR) is 64.4 cm³/mol. The number of primary amides is 1. The zero-order valence-electron chi connectivity index (χ0n) is 10.3. The van der Waals surface area contributed by atoms with Crippen LogP contribution in [0, 0.1) is 0 Å². The number of rotatable bonds is 7. The zero-order chi connectivity index (χ0) is 15.1. The minimum absolute atomic E-state index is 0.0183. The van der Waals surface area contributed by atoms with E-state index in [2.05, 4.69) is 10.6 Å². The molecule has 3 amide bonds. The molecule has 0 aliphatic rings. The zero-order valence-corrected chi connectivity index (χ0v) is 10.3. The van der Waals surface area contributed by atoms with Gasteiger partial charge < -0.3 is 25.9 Å². The molecule has 0 aliphatic carbocycles. The summed E-state index contributed by atoms with van der Waals surface area (Å²) in [6.45, 7) is -0.456. The van der Waals surface area contributed by atoms with E-state index in [9.17, 15) is 19.2 Å². The lowest BCUT2D eigenvalue weighted by atomic mass is 10.2. The van der Waals surface area contributed by atoms with E-state index in [1.807, 2.05) is 0 Å². The van der Waals surface area contributed by atoms with E-state index < -0.39 is 42.7 Å². The Morgan fingerprint density at radius 1 is 1.35 bits per heavy atom. The van der Waals surface area contributed by atoms with E-state index in [1.165, 1.54) is 18.4 Å². The highest BCUT2D eigenvalue weighted by atomic mass is 16.4. The first-order chi connectivity index (χ1) is 9.40. The normalized spacial score (nSPS) is 11.4. The topological polar surface area (TPSA) is 152 Å². The van der Waals surface area contributed by atoms with Crippen molar-refractivity contribution in [1.29, 1.82) is 0 Å². The second-order valence-corrected chi connectivity index (χ2v) is 3.79. The molecule has 0 radical (unpaired) electrons. The Balaban J connectivity index is 2.44. The van der Waals surface area contributed by atoms with Gasteiger partial charge in [0, 0.05) is 0 Å². The molecule has 0 aliphatic heterocycles. The maximum atomic E-state index is 11.4. The van der Waals surface area contributed by atoms with Crippen molar-refractivity contribution in [3.8, 4) is 0 Å². The molecule has 1 rings (SSSR count). The van der Waals surface area contributed by atoms with Crippen LogP contribution in [0.5, 0.6) is 0 Å². The average Bonchev–Trinajstić information content (AvgIpc) is 2.88. The Morgan fingerprint density at radius 2 is 2.05 bits per heavy atom. The minimum Gasteiger partial charge on any atom is -0.480 e. The van der Waals surface area contributed by atoms with Gasteiger partial charge in [0.2, 0.25) is 11.8 Å². The number of nitrogens with two attached hydrogens (primary N) is 1. The highest BCUT2D eigenvalue weighted by Crippen LogP contribution is 1.98. The fraction of sp³-hybridized carbons (Fsp3) is 0.273. The molecule has 0 saturated carbocycles. The molecular weight excluding hydrogens is 270 g/mol. The second-order valence-electron chi connectivity index (χ2n) is 3.79. The average molecular weight is 283 g/mol. The summed E-state index contributed by atoms with van der Waals surface area (Å²) in [5.41, 5.74) is 4.86. The van der Waals surface area contributed by atoms with Gasteiger partial charge in [0.05, 0.1) is 19.2 Å². The number of carbonyl (C=O) groups is 4. The molecule has 0 saturated heterocycles. The summed E-state index contributed by atoms with van der Waals surface area (Å²) in [7, 11) is 0. The molecule has 5 N–H and O–H groups in total. The molecule has 9 nitrogen and oxygen atoms in total. The lowest BCUT2D eigenvalue weighted by molar-refractivity contribution is -0.143. The summed E-state index contributed by atoms with van der Waals surface area (Å²) in [5.74, 6) is -3.62. The third-order valence-electron chi connectivity index (χ3n) is 2.19. The fourth-order valence-electron chi connectivity index (χ4n) is 1.30. The van der Waals surface area contributed by atoms with E-state index in [-0.39, 0.29) is 5.76 Å². The summed E-state index contributed by atoms with van der Waals surface area (Å²) >= 11 is 0. The summed E-state index contributed by atoms with van der Waals surface area (Å²) in [5, 5.41) is 13.1. The molecule has 108 valence electrons. The number of amides is 3. The predicted octanol–water partition coefficient (Wildman–Crippen LogP) is -1.55. The van der Waals surface area contributed by atoms with Gasteiger partial charge in [-0.15, -0.1) is 0 Å². The molecule has 9 heteroatoms. The van der Waals surface area contributed by atoms with Crippen LogP contribution in [0.1, 0.15) is 17.0 Å². The van der Waals surface area contributed by atoms with Crippen molar-refractivity contribution < 1.29 is 28.7 Å². The number of carbonyl (C=O) groups excluding carboxylic acids is 3. The highest BCUT2D eigenvalue weighted by molar-refractivity contribution is 5.95. The van der Waals surface area contributed by atoms with Crippen LogP contribution >= 0.6 is 0 Å². The molecule has 0 fully saturated rings. The van der Waals surface area contributed by atoms with Crippen molar-refractivity contribution in [2.75, 3.05) is 6.54 Å². The van der Waals surface area contributed by atoms with Crippen molar-refractivity contribution >= 4 is 23.7 Å². The van der Waals surface area contributed by atoms with Gasteiger partial charge >= 0.3 is 5.97 Å². The first kappa shape index (κ1) is 15.2. The number of furan rings is 1. The minimum atomic E-state index is -1.43. The van der Waals surface area contributed by atoms with Gasteiger partial charge in [0.1, 0.15) is 6.04 Å². The molecule has 1 unspecified atom stereocenters. The molecule has 0 spiro atoms. The molecule has 1 aromatic heterocycles. The van der Waals surface area contributed by atoms with Crippen LogP contribution < -0.4 is 16.4 Å². The second kappa shape index (κ2) is 6.92. The summed E-state index contributed by atoms with van der Waals surface area (Å²) in [6, 6.07) is 1.48. The van der Waals surface area contributed by atoms with Gasteiger partial charge in [-0.05, 0) is 12.1 Å². The Kier molecular flexibility index (Phi) is 5.27.